The average Bonchev–Trinajstić information content (AvgIpc) is 2.66. The van der Waals surface area contributed by atoms with Crippen LogP contribution in [-0.2, 0) is 25.5 Å². The molecule has 2 rings (SSSR count). The number of halogens is 1. The van der Waals surface area contributed by atoms with Crippen molar-refractivity contribution in [1.82, 2.24) is 4.98 Å². The molecule has 0 fully saturated rings. The van der Waals surface area contributed by atoms with Crippen molar-refractivity contribution in [1.29, 1.82) is 0 Å². The first kappa shape index (κ1) is 20.9. The number of carbonyl (C=O) groups excluding carboxylic acids is 2. The van der Waals surface area contributed by atoms with Gasteiger partial charge in [0.05, 0.1) is 12.8 Å². The Kier molecular flexibility index (Phi) is 7.79. The van der Waals surface area contributed by atoms with E-state index in [0.29, 0.717) is 17.9 Å². The Morgan fingerprint density at radius 1 is 1.15 bits per heavy atom. The van der Waals surface area contributed by atoms with Crippen molar-refractivity contribution >= 4 is 27.9 Å². The predicted octanol–water partition coefficient (Wildman–Crippen LogP) is 3.55. The summed E-state index contributed by atoms with van der Waals surface area (Å²) < 4.78 is 15.8. The second-order valence-electron chi connectivity index (χ2n) is 6.01. The molecule has 2 unspecified atom stereocenters. The first-order chi connectivity index (χ1) is 12.9. The summed E-state index contributed by atoms with van der Waals surface area (Å²) >= 11 is 3.30. The molecule has 0 spiro atoms. The van der Waals surface area contributed by atoms with Gasteiger partial charge < -0.3 is 14.2 Å². The number of alkyl halides is 1. The van der Waals surface area contributed by atoms with Gasteiger partial charge in [0.2, 0.25) is 0 Å². The van der Waals surface area contributed by atoms with Crippen LogP contribution >= 0.6 is 15.9 Å². The topological polar surface area (TPSA) is 74.7 Å². The molecule has 6 nitrogen and oxygen atoms in total. The number of benzene rings is 1. The Bertz CT molecular complexity index is 761. The molecule has 0 saturated carbocycles. The number of ether oxygens (including phenoxy) is 3. The molecule has 7 heteroatoms. The molecule has 1 heterocycles. The van der Waals surface area contributed by atoms with Gasteiger partial charge >= 0.3 is 11.9 Å². The molecule has 0 aliphatic carbocycles. The Morgan fingerprint density at radius 2 is 1.85 bits per heavy atom. The van der Waals surface area contributed by atoms with Crippen LogP contribution in [0.1, 0.15) is 29.8 Å². The third-order valence-electron chi connectivity index (χ3n) is 3.77. The number of carbonyl (C=O) groups is 2. The zero-order valence-corrected chi connectivity index (χ0v) is 17.1. The van der Waals surface area contributed by atoms with Crippen LogP contribution < -0.4 is 4.74 Å². The molecule has 0 aliphatic rings. The van der Waals surface area contributed by atoms with Crippen molar-refractivity contribution in [3.8, 4) is 5.75 Å². The fourth-order valence-corrected chi connectivity index (χ4v) is 2.92. The largest absolute Gasteiger partial charge is 0.489 e. The predicted molar refractivity (Wildman–Crippen MR) is 104 cm³/mol. The Labute approximate surface area is 167 Å². The highest BCUT2D eigenvalue weighted by Gasteiger charge is 2.18. The van der Waals surface area contributed by atoms with Crippen molar-refractivity contribution in [2.75, 3.05) is 13.7 Å². The summed E-state index contributed by atoms with van der Waals surface area (Å²) in [5.74, 6) is -0.0788. The van der Waals surface area contributed by atoms with Gasteiger partial charge in [0, 0.05) is 13.1 Å². The van der Waals surface area contributed by atoms with E-state index in [9.17, 15) is 9.59 Å². The molecule has 0 aliphatic heterocycles. The van der Waals surface area contributed by atoms with Crippen LogP contribution in [0.25, 0.3) is 0 Å². The van der Waals surface area contributed by atoms with Crippen molar-refractivity contribution in [2.45, 2.75) is 31.2 Å². The SMILES string of the molecule is COC(=O)C(Br)Cc1ccc(OCC(OC(C)=O)c2ccc(C)cn2)cc1. The number of aryl methyl sites for hydroxylation is 1. The summed E-state index contributed by atoms with van der Waals surface area (Å²) in [6.07, 6.45) is 1.64. The van der Waals surface area contributed by atoms with Crippen LogP contribution in [0.4, 0.5) is 0 Å². The van der Waals surface area contributed by atoms with E-state index in [2.05, 4.69) is 20.9 Å². The van der Waals surface area contributed by atoms with Gasteiger partial charge in [-0.3, -0.25) is 14.6 Å². The van der Waals surface area contributed by atoms with E-state index in [1.54, 1.807) is 18.3 Å². The molecule has 27 heavy (non-hydrogen) atoms. The van der Waals surface area contributed by atoms with Crippen LogP contribution in [0.5, 0.6) is 5.75 Å². The van der Waals surface area contributed by atoms with E-state index in [4.69, 9.17) is 14.2 Å². The number of hydrogen-bond donors (Lipinski definition) is 0. The van der Waals surface area contributed by atoms with Crippen LogP contribution in [0.3, 0.4) is 0 Å². The number of pyridine rings is 1. The lowest BCUT2D eigenvalue weighted by Gasteiger charge is -2.17. The van der Waals surface area contributed by atoms with Crippen molar-refractivity contribution in [2.24, 2.45) is 0 Å². The minimum Gasteiger partial charge on any atom is -0.489 e. The van der Waals surface area contributed by atoms with Crippen LogP contribution in [-0.4, -0.2) is 35.5 Å². The molecule has 2 atom stereocenters. The standard InChI is InChI=1S/C20H22BrNO5/c1-13-4-9-18(22-11-13)19(27-14(2)23)12-26-16-7-5-15(6-8-16)10-17(21)20(24)25-3/h4-9,11,17,19H,10,12H2,1-3H3. The number of methoxy groups -OCH3 is 1. The first-order valence-corrected chi connectivity index (χ1v) is 9.34. The second-order valence-corrected chi connectivity index (χ2v) is 7.11. The zero-order chi connectivity index (χ0) is 19.8. The maximum absolute atomic E-state index is 11.5. The van der Waals surface area contributed by atoms with Crippen LogP contribution in [0.15, 0.2) is 42.6 Å². The maximum atomic E-state index is 11.5. The van der Waals surface area contributed by atoms with E-state index in [-0.39, 0.29) is 12.6 Å². The third-order valence-corrected chi connectivity index (χ3v) is 4.47. The summed E-state index contributed by atoms with van der Waals surface area (Å²) in [5.41, 5.74) is 2.62. The van der Waals surface area contributed by atoms with Gasteiger partial charge in [0.25, 0.3) is 0 Å². The van der Waals surface area contributed by atoms with Gasteiger partial charge in [-0.25, -0.2) is 0 Å². The Morgan fingerprint density at radius 3 is 2.41 bits per heavy atom. The van der Waals surface area contributed by atoms with E-state index < -0.39 is 16.9 Å². The van der Waals surface area contributed by atoms with Crippen molar-refractivity contribution in [3.63, 3.8) is 0 Å². The van der Waals surface area contributed by atoms with E-state index in [1.807, 2.05) is 31.2 Å². The average molecular weight is 436 g/mol. The number of rotatable bonds is 8. The van der Waals surface area contributed by atoms with Crippen molar-refractivity contribution < 1.29 is 23.8 Å². The fraction of sp³-hybridized carbons (Fsp3) is 0.350. The Hall–Kier alpha value is -2.41. The lowest BCUT2D eigenvalue weighted by atomic mass is 10.1. The second kappa shape index (κ2) is 10.1. The van der Waals surface area contributed by atoms with Crippen molar-refractivity contribution in [3.05, 3.63) is 59.4 Å². The van der Waals surface area contributed by atoms with Gasteiger partial charge in [-0.15, -0.1) is 0 Å². The molecular formula is C20H22BrNO5. The highest BCUT2D eigenvalue weighted by atomic mass is 79.9. The number of hydrogen-bond acceptors (Lipinski definition) is 6. The smallest absolute Gasteiger partial charge is 0.319 e. The summed E-state index contributed by atoms with van der Waals surface area (Å²) in [7, 11) is 1.36. The first-order valence-electron chi connectivity index (χ1n) is 8.42. The molecule has 0 saturated heterocycles. The van der Waals surface area contributed by atoms with Gasteiger partial charge in [-0.1, -0.05) is 34.1 Å². The Balaban J connectivity index is 1.99. The third kappa shape index (κ3) is 6.67. The van der Waals surface area contributed by atoms with E-state index >= 15 is 0 Å². The molecule has 0 amide bonds. The molecule has 0 N–H and O–H groups in total. The molecular weight excluding hydrogens is 414 g/mol. The monoisotopic (exact) mass is 435 g/mol. The number of aromatic nitrogens is 1. The van der Waals surface area contributed by atoms with Crippen LogP contribution in [0, 0.1) is 6.92 Å². The zero-order valence-electron chi connectivity index (χ0n) is 15.5. The maximum Gasteiger partial charge on any atom is 0.319 e. The van der Waals surface area contributed by atoms with E-state index in [1.165, 1.54) is 14.0 Å². The molecule has 144 valence electrons. The van der Waals surface area contributed by atoms with Crippen LogP contribution in [0.2, 0.25) is 0 Å². The molecule has 2 aromatic rings. The summed E-state index contributed by atoms with van der Waals surface area (Å²) in [6.45, 7) is 3.44. The van der Waals surface area contributed by atoms with Gasteiger partial charge in [-0.2, -0.15) is 0 Å². The number of nitrogens with zero attached hydrogens (tertiary/aromatic N) is 1. The highest BCUT2D eigenvalue weighted by molar-refractivity contribution is 9.10. The molecule has 0 radical (unpaired) electrons. The minimum absolute atomic E-state index is 0.151. The normalized spacial score (nSPS) is 12.7. The lowest BCUT2D eigenvalue weighted by Crippen LogP contribution is -2.18. The number of esters is 2. The molecule has 0 bridgehead atoms. The fourth-order valence-electron chi connectivity index (χ4n) is 2.36. The highest BCUT2D eigenvalue weighted by Crippen LogP contribution is 2.20. The molecule has 1 aromatic carbocycles. The minimum atomic E-state index is -0.589. The molecule has 1 aromatic heterocycles. The van der Waals surface area contributed by atoms with Gasteiger partial charge in [0.15, 0.2) is 6.10 Å². The van der Waals surface area contributed by atoms with E-state index in [0.717, 1.165) is 11.1 Å². The quantitative estimate of drug-likeness (QED) is 0.466. The van der Waals surface area contributed by atoms with Gasteiger partial charge in [0.1, 0.15) is 17.2 Å². The lowest BCUT2D eigenvalue weighted by molar-refractivity contribution is -0.148. The summed E-state index contributed by atoms with van der Waals surface area (Å²) in [6, 6.07) is 11.1. The summed E-state index contributed by atoms with van der Waals surface area (Å²) in [4.78, 5) is 26.8. The van der Waals surface area contributed by atoms with Gasteiger partial charge in [-0.05, 0) is 42.7 Å². The summed E-state index contributed by atoms with van der Waals surface area (Å²) in [5, 5.41) is 0.